The molecule has 0 aliphatic rings. The van der Waals surface area contributed by atoms with E-state index in [-0.39, 0.29) is 18.0 Å². The zero-order chi connectivity index (χ0) is 25.2. The van der Waals surface area contributed by atoms with E-state index in [2.05, 4.69) is 40.8 Å². The SMILES string of the molecule is O=S(=O)(NCCNc1cc(-c2ccccc2Cl)nc2c(Br)cnn12)c1cccc(OC(F)(F)F)c1. The number of nitrogens with one attached hydrogen (secondary N) is 2. The average Bonchev–Trinajstić information content (AvgIpc) is 3.17. The minimum atomic E-state index is -4.93. The van der Waals surface area contributed by atoms with Gasteiger partial charge >= 0.3 is 6.36 Å². The van der Waals surface area contributed by atoms with Gasteiger partial charge in [0.25, 0.3) is 0 Å². The normalized spacial score (nSPS) is 12.1. The summed E-state index contributed by atoms with van der Waals surface area (Å²) in [5, 5.41) is 7.86. The van der Waals surface area contributed by atoms with E-state index >= 15 is 0 Å². The lowest BCUT2D eigenvalue weighted by atomic mass is 10.1. The van der Waals surface area contributed by atoms with Crippen LogP contribution >= 0.6 is 27.5 Å². The molecule has 2 aromatic carbocycles. The number of ether oxygens (including phenoxy) is 1. The Morgan fingerprint density at radius 3 is 2.60 bits per heavy atom. The van der Waals surface area contributed by atoms with Crippen molar-refractivity contribution in [3.05, 3.63) is 70.3 Å². The second-order valence-corrected chi connectivity index (χ2v) is 10.1. The Morgan fingerprint density at radius 1 is 1.09 bits per heavy atom. The standard InChI is InChI=1S/C21H16BrClF3N5O3S/c22-16-12-28-31-19(11-18(30-20(16)31)15-6-1-2-7-17(15)23)27-8-9-29-35(32,33)14-5-3-4-13(10-14)34-21(24,25)26/h1-7,10-12,27,29H,8-9H2. The molecular formula is C21H16BrClF3N5O3S. The molecule has 0 saturated heterocycles. The third-order valence-corrected chi connectivity index (χ3v) is 7.00. The topological polar surface area (TPSA) is 97.6 Å². The second kappa shape index (κ2) is 10.0. The van der Waals surface area contributed by atoms with Crippen molar-refractivity contribution < 1.29 is 26.3 Å². The number of hydrogen-bond acceptors (Lipinski definition) is 6. The van der Waals surface area contributed by atoms with Gasteiger partial charge in [-0.15, -0.1) is 13.2 Å². The predicted molar refractivity (Wildman–Crippen MR) is 128 cm³/mol. The van der Waals surface area contributed by atoms with Crippen molar-refractivity contribution in [3.63, 3.8) is 0 Å². The molecule has 0 aliphatic heterocycles. The van der Waals surface area contributed by atoms with Gasteiger partial charge in [-0.05, 0) is 34.1 Å². The van der Waals surface area contributed by atoms with Crippen LogP contribution in [-0.2, 0) is 10.0 Å². The van der Waals surface area contributed by atoms with Crippen LogP contribution < -0.4 is 14.8 Å². The van der Waals surface area contributed by atoms with Crippen molar-refractivity contribution in [2.45, 2.75) is 11.3 Å². The minimum absolute atomic E-state index is 0.0691. The summed E-state index contributed by atoms with van der Waals surface area (Å²) >= 11 is 9.72. The number of aromatic nitrogens is 3. The molecule has 0 aliphatic carbocycles. The summed E-state index contributed by atoms with van der Waals surface area (Å²) in [6, 6.07) is 13.1. The molecule has 14 heteroatoms. The molecule has 0 amide bonds. The van der Waals surface area contributed by atoms with Crippen molar-refractivity contribution >= 4 is 49.0 Å². The fraction of sp³-hybridized carbons (Fsp3) is 0.143. The quantitative estimate of drug-likeness (QED) is 0.277. The van der Waals surface area contributed by atoms with Gasteiger partial charge in [-0.25, -0.2) is 18.1 Å². The molecule has 2 aromatic heterocycles. The lowest BCUT2D eigenvalue weighted by molar-refractivity contribution is -0.274. The zero-order valence-corrected chi connectivity index (χ0v) is 20.7. The second-order valence-electron chi connectivity index (χ2n) is 7.08. The fourth-order valence-electron chi connectivity index (χ4n) is 3.17. The Hall–Kier alpha value is -2.87. The molecule has 0 fully saturated rings. The van der Waals surface area contributed by atoms with Gasteiger partial charge < -0.3 is 10.1 Å². The molecule has 4 rings (SSSR count). The maximum atomic E-state index is 12.5. The molecule has 2 N–H and O–H groups in total. The van der Waals surface area contributed by atoms with Crippen molar-refractivity contribution in [1.82, 2.24) is 19.3 Å². The van der Waals surface area contributed by atoms with Gasteiger partial charge in [0.1, 0.15) is 11.6 Å². The Labute approximate surface area is 211 Å². The largest absolute Gasteiger partial charge is 0.573 e. The third kappa shape index (κ3) is 6.04. The molecular weight excluding hydrogens is 575 g/mol. The van der Waals surface area contributed by atoms with Crippen LogP contribution in [0.15, 0.2) is 70.2 Å². The predicted octanol–water partition coefficient (Wildman–Crippen LogP) is 5.10. The van der Waals surface area contributed by atoms with E-state index in [0.29, 0.717) is 32.2 Å². The summed E-state index contributed by atoms with van der Waals surface area (Å²) in [7, 11) is -4.09. The number of sulfonamides is 1. The zero-order valence-electron chi connectivity index (χ0n) is 17.6. The van der Waals surface area contributed by atoms with E-state index in [1.54, 1.807) is 24.4 Å². The first-order valence-corrected chi connectivity index (χ1v) is 12.6. The number of hydrogen-bond donors (Lipinski definition) is 2. The Bertz CT molecular complexity index is 1480. The highest BCUT2D eigenvalue weighted by Crippen LogP contribution is 2.30. The highest BCUT2D eigenvalue weighted by molar-refractivity contribution is 9.10. The molecule has 0 unspecified atom stereocenters. The average molecular weight is 591 g/mol. The third-order valence-electron chi connectivity index (χ3n) is 4.65. The number of alkyl halides is 3. The van der Waals surface area contributed by atoms with Gasteiger partial charge in [-0.3, -0.25) is 0 Å². The molecule has 184 valence electrons. The Morgan fingerprint density at radius 2 is 1.86 bits per heavy atom. The summed E-state index contributed by atoms with van der Waals surface area (Å²) < 4.78 is 70.7. The van der Waals surface area contributed by atoms with Crippen LogP contribution in [0.2, 0.25) is 5.02 Å². The number of halogens is 5. The van der Waals surface area contributed by atoms with E-state index in [0.717, 1.165) is 18.2 Å². The smallest absolute Gasteiger partial charge is 0.406 e. The van der Waals surface area contributed by atoms with E-state index in [1.165, 1.54) is 10.6 Å². The summed E-state index contributed by atoms with van der Waals surface area (Å²) in [5.41, 5.74) is 1.80. The molecule has 35 heavy (non-hydrogen) atoms. The van der Waals surface area contributed by atoms with Crippen molar-refractivity contribution in [1.29, 1.82) is 0 Å². The van der Waals surface area contributed by atoms with E-state index < -0.39 is 22.1 Å². The van der Waals surface area contributed by atoms with Gasteiger partial charge in [0.05, 0.1) is 21.3 Å². The van der Waals surface area contributed by atoms with E-state index in [9.17, 15) is 21.6 Å². The van der Waals surface area contributed by atoms with Gasteiger partial charge in [0.2, 0.25) is 10.0 Å². The lowest BCUT2D eigenvalue weighted by Crippen LogP contribution is -2.29. The summed E-state index contributed by atoms with van der Waals surface area (Å²) in [6.45, 7) is 0.0664. The molecule has 2 heterocycles. The number of fused-ring (bicyclic) bond motifs is 1. The number of rotatable bonds is 8. The van der Waals surface area contributed by atoms with Gasteiger partial charge in [-0.2, -0.15) is 9.61 Å². The van der Waals surface area contributed by atoms with Crippen LogP contribution in [0.1, 0.15) is 0 Å². The monoisotopic (exact) mass is 589 g/mol. The first-order valence-electron chi connectivity index (χ1n) is 9.92. The van der Waals surface area contributed by atoms with Crippen molar-refractivity contribution in [2.24, 2.45) is 0 Å². The number of nitrogens with zero attached hydrogens (tertiary/aromatic N) is 3. The van der Waals surface area contributed by atoms with E-state index in [1.807, 2.05) is 12.1 Å². The fourth-order valence-corrected chi connectivity index (χ4v) is 4.81. The highest BCUT2D eigenvalue weighted by atomic mass is 79.9. The van der Waals surface area contributed by atoms with Crippen LogP contribution in [0, 0.1) is 0 Å². The number of anilines is 1. The van der Waals surface area contributed by atoms with Crippen LogP contribution in [0.5, 0.6) is 5.75 Å². The number of benzene rings is 2. The van der Waals surface area contributed by atoms with Crippen molar-refractivity contribution in [2.75, 3.05) is 18.4 Å². The summed E-state index contributed by atoms with van der Waals surface area (Å²) in [5.74, 6) is -0.107. The molecule has 4 aromatic rings. The Balaban J connectivity index is 1.49. The van der Waals surface area contributed by atoms with E-state index in [4.69, 9.17) is 11.6 Å². The first-order chi connectivity index (χ1) is 16.5. The van der Waals surface area contributed by atoms with Crippen LogP contribution in [0.3, 0.4) is 0 Å². The summed E-state index contributed by atoms with van der Waals surface area (Å²) in [6.07, 6.45) is -3.36. The molecule has 0 bridgehead atoms. The van der Waals surface area contributed by atoms with Crippen LogP contribution in [0.4, 0.5) is 19.0 Å². The molecule has 0 saturated carbocycles. The van der Waals surface area contributed by atoms with Gasteiger partial charge in [0, 0.05) is 35.8 Å². The van der Waals surface area contributed by atoms with Gasteiger partial charge in [-0.1, -0.05) is 35.9 Å². The molecule has 0 spiro atoms. The molecule has 0 atom stereocenters. The highest BCUT2D eigenvalue weighted by Gasteiger charge is 2.31. The summed E-state index contributed by atoms with van der Waals surface area (Å²) in [4.78, 5) is 4.23. The maximum Gasteiger partial charge on any atom is 0.573 e. The molecule has 0 radical (unpaired) electrons. The van der Waals surface area contributed by atoms with Crippen LogP contribution in [0.25, 0.3) is 16.9 Å². The first kappa shape index (κ1) is 25.2. The Kier molecular flexibility index (Phi) is 7.22. The minimum Gasteiger partial charge on any atom is -0.406 e. The lowest BCUT2D eigenvalue weighted by Gasteiger charge is -2.13. The van der Waals surface area contributed by atoms with Crippen molar-refractivity contribution in [3.8, 4) is 17.0 Å². The van der Waals surface area contributed by atoms with Gasteiger partial charge in [0.15, 0.2) is 5.65 Å². The van der Waals surface area contributed by atoms with Crippen LogP contribution in [-0.4, -0.2) is 42.5 Å². The maximum absolute atomic E-state index is 12.5. The molecule has 8 nitrogen and oxygen atoms in total.